The highest BCUT2D eigenvalue weighted by Gasteiger charge is 2.37. The number of hydrogen-bond acceptors (Lipinski definition) is 1. The number of para-hydroxylation sites is 1. The molecule has 1 aliphatic heterocycles. The number of likely N-dealkylation sites (N-methyl/N-ethyl adjacent to an activating group) is 1. The lowest BCUT2D eigenvalue weighted by Crippen LogP contribution is -2.22. The molecule has 0 spiro atoms. The Hall–Kier alpha value is -4.04. The molecule has 42 heavy (non-hydrogen) atoms. The maximum Gasteiger partial charge on any atom is 0.261 e. The summed E-state index contributed by atoms with van der Waals surface area (Å²) < 4.78 is 0. The first-order chi connectivity index (χ1) is 19.6. The summed E-state index contributed by atoms with van der Waals surface area (Å²) in [6, 6.07) is 25.7. The van der Waals surface area contributed by atoms with E-state index in [0.717, 1.165) is 22.3 Å². The maximum atomic E-state index is 8.94. The lowest BCUT2D eigenvalue weighted by atomic mass is 9.84. The molecule has 2 heteroatoms. The molecule has 0 radical (unpaired) electrons. The average molecular weight is 559 g/mol. The molecule has 0 fully saturated rings. The van der Waals surface area contributed by atoms with E-state index in [0.29, 0.717) is 5.76 Å². The van der Waals surface area contributed by atoms with E-state index in [1.54, 1.807) is 0 Å². The van der Waals surface area contributed by atoms with Crippen molar-refractivity contribution in [3.8, 4) is 0 Å². The quantitative estimate of drug-likeness (QED) is 0.168. The van der Waals surface area contributed by atoms with Crippen molar-refractivity contribution in [2.24, 2.45) is 0 Å². The van der Waals surface area contributed by atoms with Crippen LogP contribution in [0.15, 0.2) is 121 Å². The molecule has 0 aromatic heterocycles. The van der Waals surface area contributed by atoms with Gasteiger partial charge in [-0.3, -0.25) is 0 Å². The Morgan fingerprint density at radius 1 is 0.762 bits per heavy atom. The zero-order valence-electron chi connectivity index (χ0n) is 27.0. The van der Waals surface area contributed by atoms with E-state index < -0.39 is 0 Å². The molecule has 3 aromatic rings. The summed E-state index contributed by atoms with van der Waals surface area (Å²) in [7, 11) is 2.13. The number of anilines is 1. The first-order valence-corrected chi connectivity index (χ1v) is 14.9. The molecule has 2 N–H and O–H groups in total. The van der Waals surface area contributed by atoms with Gasteiger partial charge in [-0.25, -0.2) is 0 Å². The molecule has 0 atom stereocenters. The topological polar surface area (TPSA) is 26.1 Å². The number of nitrogens with zero attached hydrogens (tertiary/aromatic N) is 1. The van der Waals surface area contributed by atoms with Crippen LogP contribution in [0.5, 0.6) is 0 Å². The highest BCUT2D eigenvalue weighted by atomic mass is 16.3. The third kappa shape index (κ3) is 6.71. The van der Waals surface area contributed by atoms with Crippen LogP contribution in [0.25, 0.3) is 11.3 Å². The molecule has 0 bridgehead atoms. The SMILES string of the molecule is C=C(/C=C/C=C1/N(C)c2ccccc2C1(C)C)/C=C(\C=C(/[OH2+])c1ccc(C(C)(C)C)cc1)c1ccc(C(C)(C)C)cc1. The van der Waals surface area contributed by atoms with Crippen LogP contribution in [0, 0.1) is 0 Å². The second kappa shape index (κ2) is 11.7. The van der Waals surface area contributed by atoms with E-state index in [2.05, 4.69) is 171 Å². The van der Waals surface area contributed by atoms with Crippen molar-refractivity contribution in [2.45, 2.75) is 71.6 Å². The second-order valence-electron chi connectivity index (χ2n) is 14.0. The van der Waals surface area contributed by atoms with Gasteiger partial charge in [-0.15, -0.1) is 0 Å². The lowest BCUT2D eigenvalue weighted by molar-refractivity contribution is 0.512. The Labute approximate surface area is 254 Å². The fraction of sp³-hybridized carbons (Fsp3) is 0.300. The van der Waals surface area contributed by atoms with E-state index in [1.165, 1.54) is 28.1 Å². The molecule has 0 saturated carbocycles. The fourth-order valence-electron chi connectivity index (χ4n) is 5.57. The summed E-state index contributed by atoms with van der Waals surface area (Å²) in [6.07, 6.45) is 10.4. The van der Waals surface area contributed by atoms with Gasteiger partial charge in [0.25, 0.3) is 5.76 Å². The molecule has 1 aliphatic rings. The molecule has 2 nitrogen and oxygen atoms in total. The smallest absolute Gasteiger partial charge is 0.261 e. The largest absolute Gasteiger partial charge is 0.593 e. The predicted octanol–water partition coefficient (Wildman–Crippen LogP) is 9.85. The van der Waals surface area contributed by atoms with Gasteiger partial charge in [-0.2, -0.15) is 0 Å². The summed E-state index contributed by atoms with van der Waals surface area (Å²) in [5.74, 6) is 0.479. The third-order valence-corrected chi connectivity index (χ3v) is 8.29. The fourth-order valence-corrected chi connectivity index (χ4v) is 5.57. The van der Waals surface area contributed by atoms with Gasteiger partial charge in [0.15, 0.2) is 0 Å². The monoisotopic (exact) mass is 558 g/mol. The highest BCUT2D eigenvalue weighted by molar-refractivity contribution is 5.83. The van der Waals surface area contributed by atoms with Crippen LogP contribution in [0.2, 0.25) is 0 Å². The third-order valence-electron chi connectivity index (χ3n) is 8.29. The Balaban J connectivity index is 1.66. The first-order valence-electron chi connectivity index (χ1n) is 14.9. The lowest BCUT2D eigenvalue weighted by Gasteiger charge is -2.23. The van der Waals surface area contributed by atoms with Crippen molar-refractivity contribution < 1.29 is 5.11 Å². The van der Waals surface area contributed by atoms with Crippen molar-refractivity contribution in [3.63, 3.8) is 0 Å². The minimum absolute atomic E-state index is 0.0712. The molecule has 4 rings (SSSR count). The number of benzene rings is 3. The number of rotatable bonds is 6. The number of hydrogen-bond donors (Lipinski definition) is 0. The van der Waals surface area contributed by atoms with Crippen LogP contribution in [-0.4, -0.2) is 12.2 Å². The van der Waals surface area contributed by atoms with Crippen molar-refractivity contribution in [1.82, 2.24) is 0 Å². The summed E-state index contributed by atoms with van der Waals surface area (Å²) >= 11 is 0. The number of fused-ring (bicyclic) bond motifs is 1. The van der Waals surface area contributed by atoms with Gasteiger partial charge >= 0.3 is 0 Å². The van der Waals surface area contributed by atoms with Crippen LogP contribution >= 0.6 is 0 Å². The van der Waals surface area contributed by atoms with Crippen LogP contribution in [0.4, 0.5) is 5.69 Å². The Morgan fingerprint density at radius 3 is 1.81 bits per heavy atom. The van der Waals surface area contributed by atoms with Crippen molar-refractivity contribution >= 4 is 17.0 Å². The van der Waals surface area contributed by atoms with Gasteiger partial charge in [0.2, 0.25) is 0 Å². The van der Waals surface area contributed by atoms with E-state index in [9.17, 15) is 0 Å². The molecular weight excluding hydrogens is 510 g/mol. The molecule has 3 aromatic carbocycles. The van der Waals surface area contributed by atoms with Crippen LogP contribution in [0.1, 0.15) is 83.2 Å². The maximum absolute atomic E-state index is 8.94. The molecule has 0 unspecified atom stereocenters. The standard InChI is InChI=1S/C40H47NO/c1-28(14-13-17-37-40(8,9)34-15-11-12-16-35(34)41(37)10)26-31(29-18-22-32(23-19-29)38(2,3)4)27-36(42)30-20-24-33(25-21-30)39(5,6)7/h11-27,42H,1H2,2-10H3/p+1/b14-13+,31-26+,36-27-,37-17+. The van der Waals surface area contributed by atoms with Crippen molar-refractivity contribution in [2.75, 3.05) is 11.9 Å². The highest BCUT2D eigenvalue weighted by Crippen LogP contribution is 2.46. The minimum atomic E-state index is -0.0712. The average Bonchev–Trinajstić information content (AvgIpc) is 3.12. The summed E-state index contributed by atoms with van der Waals surface area (Å²) in [4.78, 5) is 2.28. The molecule has 1 heterocycles. The number of allylic oxidation sites excluding steroid dienone is 8. The Bertz CT molecular complexity index is 1560. The van der Waals surface area contributed by atoms with E-state index in [-0.39, 0.29) is 16.2 Å². The van der Waals surface area contributed by atoms with E-state index in [1.807, 2.05) is 6.08 Å². The normalized spacial score (nSPS) is 16.8. The van der Waals surface area contributed by atoms with Gasteiger partial charge in [-0.1, -0.05) is 129 Å². The summed E-state index contributed by atoms with van der Waals surface area (Å²) in [6.45, 7) is 22.2. The van der Waals surface area contributed by atoms with Gasteiger partial charge in [0, 0.05) is 29.9 Å². The molecule has 218 valence electrons. The van der Waals surface area contributed by atoms with Gasteiger partial charge < -0.3 is 10.0 Å². The molecule has 0 aliphatic carbocycles. The molecular formula is C40H48NO+. The van der Waals surface area contributed by atoms with Gasteiger partial charge in [0.05, 0.1) is 5.56 Å². The van der Waals surface area contributed by atoms with Gasteiger partial charge in [-0.05, 0) is 74.6 Å². The predicted molar refractivity (Wildman–Crippen MR) is 184 cm³/mol. The molecule has 0 saturated heterocycles. The van der Waals surface area contributed by atoms with Crippen LogP contribution < -0.4 is 4.90 Å². The second-order valence-corrected chi connectivity index (χ2v) is 14.0. The van der Waals surface area contributed by atoms with Crippen LogP contribution in [-0.2, 0) is 16.2 Å². The zero-order chi connectivity index (χ0) is 30.9. The zero-order valence-corrected chi connectivity index (χ0v) is 27.0. The first kappa shape index (κ1) is 30.9. The minimum Gasteiger partial charge on any atom is -0.593 e. The molecule has 0 amide bonds. The van der Waals surface area contributed by atoms with E-state index >= 15 is 0 Å². The Morgan fingerprint density at radius 2 is 1.29 bits per heavy atom. The van der Waals surface area contributed by atoms with Crippen molar-refractivity contribution in [1.29, 1.82) is 0 Å². The summed E-state index contributed by atoms with van der Waals surface area (Å²) in [5.41, 5.74) is 10.3. The Kier molecular flexibility index (Phi) is 8.60. The van der Waals surface area contributed by atoms with Gasteiger partial charge in [0.1, 0.15) is 0 Å². The van der Waals surface area contributed by atoms with Crippen LogP contribution in [0.3, 0.4) is 0 Å². The van der Waals surface area contributed by atoms with E-state index in [4.69, 9.17) is 5.11 Å². The van der Waals surface area contributed by atoms with Crippen molar-refractivity contribution in [3.05, 3.63) is 149 Å². The summed E-state index contributed by atoms with van der Waals surface area (Å²) in [5, 5.41) is 8.94.